The number of carbonyl (C=O) groups is 1. The van der Waals surface area contributed by atoms with E-state index in [1.165, 1.54) is 0 Å². The standard InChI is InChI=1S/C21H29N5O/c1-16(2)24-11-7-13-26-17(15-24)14-19(23-26)21(27)25-12-6-4-9-20(25)18-8-3-5-10-22-18/h3,5,8,10,14,16,20H,4,6-7,9,11-13,15H2,1-2H3/t20-/m1/s1. The van der Waals surface area contributed by atoms with Crippen LogP contribution in [0.25, 0.3) is 0 Å². The summed E-state index contributed by atoms with van der Waals surface area (Å²) in [5.74, 6) is 0.0435. The van der Waals surface area contributed by atoms with Crippen LogP contribution < -0.4 is 0 Å². The van der Waals surface area contributed by atoms with E-state index in [1.54, 1.807) is 0 Å². The van der Waals surface area contributed by atoms with E-state index >= 15 is 0 Å². The van der Waals surface area contributed by atoms with Crippen molar-refractivity contribution in [2.75, 3.05) is 13.1 Å². The quantitative estimate of drug-likeness (QED) is 0.836. The van der Waals surface area contributed by atoms with Gasteiger partial charge in [0, 0.05) is 38.4 Å². The summed E-state index contributed by atoms with van der Waals surface area (Å²) in [6.07, 6.45) is 6.03. The lowest BCUT2D eigenvalue weighted by Crippen LogP contribution is -2.39. The molecule has 6 heteroatoms. The Morgan fingerprint density at radius 2 is 2.04 bits per heavy atom. The van der Waals surface area contributed by atoms with Crippen LogP contribution in [0.4, 0.5) is 0 Å². The Morgan fingerprint density at radius 1 is 1.15 bits per heavy atom. The summed E-state index contributed by atoms with van der Waals surface area (Å²) in [7, 11) is 0. The molecule has 0 saturated carbocycles. The van der Waals surface area contributed by atoms with E-state index < -0.39 is 0 Å². The third-order valence-electron chi connectivity index (χ3n) is 5.79. The van der Waals surface area contributed by atoms with E-state index in [0.717, 1.165) is 63.3 Å². The molecule has 6 nitrogen and oxygen atoms in total. The molecule has 0 aliphatic carbocycles. The largest absolute Gasteiger partial charge is 0.329 e. The van der Waals surface area contributed by atoms with Gasteiger partial charge in [0.1, 0.15) is 0 Å². The van der Waals surface area contributed by atoms with E-state index in [0.29, 0.717) is 11.7 Å². The fourth-order valence-electron chi connectivity index (χ4n) is 4.23. The number of aryl methyl sites for hydroxylation is 1. The summed E-state index contributed by atoms with van der Waals surface area (Å²) in [5.41, 5.74) is 2.71. The Balaban J connectivity index is 1.58. The Kier molecular flexibility index (Phi) is 5.25. The number of rotatable bonds is 3. The maximum absolute atomic E-state index is 13.3. The number of hydrogen-bond acceptors (Lipinski definition) is 4. The molecular formula is C21H29N5O. The zero-order chi connectivity index (χ0) is 18.8. The lowest BCUT2D eigenvalue weighted by molar-refractivity contribution is 0.0599. The minimum absolute atomic E-state index is 0.0435. The molecule has 0 N–H and O–H groups in total. The van der Waals surface area contributed by atoms with Gasteiger partial charge in [-0.3, -0.25) is 19.4 Å². The van der Waals surface area contributed by atoms with Gasteiger partial charge >= 0.3 is 0 Å². The van der Waals surface area contributed by atoms with Crippen LogP contribution >= 0.6 is 0 Å². The minimum Gasteiger partial charge on any atom is -0.329 e. The SMILES string of the molecule is CC(C)N1CCCn2nc(C(=O)N3CCCC[C@@H]3c3ccccn3)cc2C1. The van der Waals surface area contributed by atoms with E-state index in [2.05, 4.69) is 28.8 Å². The normalized spacial score (nSPS) is 21.1. The van der Waals surface area contributed by atoms with Crippen LogP contribution in [-0.4, -0.2) is 49.6 Å². The summed E-state index contributed by atoms with van der Waals surface area (Å²) >= 11 is 0. The van der Waals surface area contributed by atoms with Crippen molar-refractivity contribution < 1.29 is 4.79 Å². The second-order valence-electron chi connectivity index (χ2n) is 7.93. The zero-order valence-corrected chi connectivity index (χ0v) is 16.3. The van der Waals surface area contributed by atoms with Gasteiger partial charge in [0.2, 0.25) is 0 Å². The van der Waals surface area contributed by atoms with E-state index in [1.807, 2.05) is 40.0 Å². The van der Waals surface area contributed by atoms with Crippen LogP contribution in [0.2, 0.25) is 0 Å². The topological polar surface area (TPSA) is 54.3 Å². The van der Waals surface area contributed by atoms with Crippen LogP contribution in [0, 0.1) is 0 Å². The number of amides is 1. The van der Waals surface area contributed by atoms with E-state index in [-0.39, 0.29) is 11.9 Å². The van der Waals surface area contributed by atoms with Crippen LogP contribution in [0.1, 0.15) is 67.4 Å². The van der Waals surface area contributed by atoms with Crippen molar-refractivity contribution in [1.29, 1.82) is 0 Å². The number of nitrogens with zero attached hydrogens (tertiary/aromatic N) is 5. The fourth-order valence-corrected chi connectivity index (χ4v) is 4.23. The molecule has 0 bridgehead atoms. The van der Waals surface area contributed by atoms with Crippen molar-refractivity contribution in [2.45, 2.75) is 64.7 Å². The summed E-state index contributed by atoms with van der Waals surface area (Å²) in [6.45, 7) is 8.06. The number of fused-ring (bicyclic) bond motifs is 1. The first-order valence-corrected chi connectivity index (χ1v) is 10.2. The first-order valence-electron chi connectivity index (χ1n) is 10.2. The second kappa shape index (κ2) is 7.80. The highest BCUT2D eigenvalue weighted by molar-refractivity contribution is 5.92. The molecule has 0 radical (unpaired) electrons. The molecule has 0 unspecified atom stereocenters. The lowest BCUT2D eigenvalue weighted by Gasteiger charge is -2.35. The monoisotopic (exact) mass is 367 g/mol. The maximum atomic E-state index is 13.3. The molecule has 1 atom stereocenters. The molecule has 27 heavy (non-hydrogen) atoms. The fraction of sp³-hybridized carbons (Fsp3) is 0.571. The van der Waals surface area contributed by atoms with Crippen molar-refractivity contribution in [3.8, 4) is 0 Å². The molecule has 1 amide bonds. The second-order valence-corrected chi connectivity index (χ2v) is 7.93. The van der Waals surface area contributed by atoms with E-state index in [9.17, 15) is 4.79 Å². The van der Waals surface area contributed by atoms with Crippen molar-refractivity contribution in [3.05, 3.63) is 47.5 Å². The molecule has 0 spiro atoms. The molecule has 2 aliphatic rings. The highest BCUT2D eigenvalue weighted by Gasteiger charge is 2.31. The third kappa shape index (κ3) is 3.76. The Morgan fingerprint density at radius 3 is 2.81 bits per heavy atom. The number of aromatic nitrogens is 3. The van der Waals surface area contributed by atoms with Gasteiger partial charge in [-0.05, 0) is 57.7 Å². The number of carbonyl (C=O) groups excluding carboxylic acids is 1. The molecule has 1 saturated heterocycles. The molecular weight excluding hydrogens is 338 g/mol. The summed E-state index contributed by atoms with van der Waals surface area (Å²) in [5, 5.41) is 4.69. The van der Waals surface area contributed by atoms with Gasteiger partial charge in [0.25, 0.3) is 5.91 Å². The van der Waals surface area contributed by atoms with Crippen molar-refractivity contribution in [2.24, 2.45) is 0 Å². The first-order chi connectivity index (χ1) is 13.1. The summed E-state index contributed by atoms with van der Waals surface area (Å²) in [4.78, 5) is 22.3. The Labute approximate surface area is 161 Å². The van der Waals surface area contributed by atoms with Gasteiger partial charge in [-0.1, -0.05) is 6.07 Å². The highest BCUT2D eigenvalue weighted by Crippen LogP contribution is 2.31. The van der Waals surface area contributed by atoms with Gasteiger partial charge in [-0.2, -0.15) is 5.10 Å². The first kappa shape index (κ1) is 18.2. The van der Waals surface area contributed by atoms with Crippen LogP contribution in [-0.2, 0) is 13.1 Å². The molecule has 144 valence electrons. The Hall–Kier alpha value is -2.21. The smallest absolute Gasteiger partial charge is 0.274 e. The van der Waals surface area contributed by atoms with Crippen molar-refractivity contribution >= 4 is 5.91 Å². The third-order valence-corrected chi connectivity index (χ3v) is 5.79. The molecule has 2 aromatic rings. The van der Waals surface area contributed by atoms with Crippen LogP contribution in [0.15, 0.2) is 30.5 Å². The average Bonchev–Trinajstić information content (AvgIpc) is 2.99. The van der Waals surface area contributed by atoms with E-state index in [4.69, 9.17) is 0 Å². The molecule has 4 rings (SSSR count). The Bertz CT molecular complexity index is 785. The number of pyridine rings is 1. The van der Waals surface area contributed by atoms with Gasteiger partial charge < -0.3 is 4.90 Å². The number of likely N-dealkylation sites (tertiary alicyclic amines) is 1. The molecule has 4 heterocycles. The van der Waals surface area contributed by atoms with Crippen molar-refractivity contribution in [3.63, 3.8) is 0 Å². The lowest BCUT2D eigenvalue weighted by atomic mass is 9.98. The van der Waals surface area contributed by atoms with Gasteiger partial charge in [0.05, 0.1) is 17.4 Å². The number of piperidine rings is 1. The predicted octanol–water partition coefficient (Wildman–Crippen LogP) is 3.26. The van der Waals surface area contributed by atoms with Crippen LogP contribution in [0.3, 0.4) is 0 Å². The van der Waals surface area contributed by atoms with Crippen molar-refractivity contribution in [1.82, 2.24) is 24.6 Å². The molecule has 1 fully saturated rings. The zero-order valence-electron chi connectivity index (χ0n) is 16.3. The van der Waals surface area contributed by atoms with Crippen LogP contribution in [0.5, 0.6) is 0 Å². The summed E-state index contributed by atoms with van der Waals surface area (Å²) < 4.78 is 2.04. The van der Waals surface area contributed by atoms with Gasteiger partial charge in [-0.15, -0.1) is 0 Å². The highest BCUT2D eigenvalue weighted by atomic mass is 16.2. The maximum Gasteiger partial charge on any atom is 0.274 e. The van der Waals surface area contributed by atoms with Gasteiger partial charge in [-0.25, -0.2) is 0 Å². The molecule has 0 aromatic carbocycles. The average molecular weight is 367 g/mol. The predicted molar refractivity (Wildman–Crippen MR) is 104 cm³/mol. The minimum atomic E-state index is 0.0435. The number of hydrogen-bond donors (Lipinski definition) is 0. The molecule has 2 aromatic heterocycles. The molecule has 2 aliphatic heterocycles. The summed E-state index contributed by atoms with van der Waals surface area (Å²) in [6, 6.07) is 8.51. The van der Waals surface area contributed by atoms with Gasteiger partial charge in [0.15, 0.2) is 5.69 Å².